The van der Waals surface area contributed by atoms with E-state index in [9.17, 15) is 17.1 Å². The molecule has 330 valence electrons. The summed E-state index contributed by atoms with van der Waals surface area (Å²) in [6.45, 7) is 18.5. The summed E-state index contributed by atoms with van der Waals surface area (Å²) in [5.41, 5.74) is 10.3. The van der Waals surface area contributed by atoms with Crippen molar-refractivity contribution in [2.24, 2.45) is 0 Å². The van der Waals surface area contributed by atoms with Crippen LogP contribution in [-0.4, -0.2) is 18.3 Å². The van der Waals surface area contributed by atoms with Crippen molar-refractivity contribution < 1.29 is 0 Å². The molecule has 0 fully saturated rings. The van der Waals surface area contributed by atoms with Crippen LogP contribution < -0.4 is 0 Å². The van der Waals surface area contributed by atoms with Crippen LogP contribution in [0.25, 0.3) is 131 Å². The van der Waals surface area contributed by atoms with E-state index in [0.717, 1.165) is 87.2 Å². The normalized spacial score (nSPS) is 11.6. The molecule has 0 radical (unpaired) electrons. The van der Waals surface area contributed by atoms with Gasteiger partial charge in [0.2, 0.25) is 11.4 Å². The SMILES string of the molecule is [C-]#[N+]c1c(-n2c3ccccc3c3ccccc32)cc(-n2c3ccccc3c3ccccc32)c(-c2c(-n3c4ccccc4c4ccccc43)cc(-n3c4ccccc4c4ccccc43)c(C#N)c2[N+]#[C-])c1C#N. The van der Waals surface area contributed by atoms with Crippen molar-refractivity contribution in [2.75, 3.05) is 0 Å². The van der Waals surface area contributed by atoms with Gasteiger partial charge in [-0.05, 0) is 60.7 Å². The highest BCUT2D eigenvalue weighted by molar-refractivity contribution is 6.16. The number of rotatable bonds is 5. The maximum atomic E-state index is 12.0. The third-order valence-corrected chi connectivity index (χ3v) is 14.5. The lowest BCUT2D eigenvalue weighted by Gasteiger charge is -2.25. The lowest BCUT2D eigenvalue weighted by Crippen LogP contribution is -2.09. The summed E-state index contributed by atoms with van der Waals surface area (Å²) in [5.74, 6) is 0. The molecule has 0 saturated heterocycles. The minimum Gasteiger partial charge on any atom is -0.319 e. The van der Waals surface area contributed by atoms with Crippen LogP contribution in [0.15, 0.2) is 206 Å². The third-order valence-electron chi connectivity index (χ3n) is 14.5. The van der Waals surface area contributed by atoms with Crippen molar-refractivity contribution in [1.82, 2.24) is 18.3 Å². The highest BCUT2D eigenvalue weighted by atomic mass is 15.1. The van der Waals surface area contributed by atoms with E-state index in [4.69, 9.17) is 6.57 Å². The molecule has 4 heterocycles. The smallest absolute Gasteiger partial charge is 0.228 e. The molecule has 8 heteroatoms. The first-order valence-electron chi connectivity index (χ1n) is 23.5. The maximum Gasteiger partial charge on any atom is 0.228 e. The minimum atomic E-state index is 0.0628. The van der Waals surface area contributed by atoms with Crippen molar-refractivity contribution >= 4 is 98.6 Å². The number of fused-ring (bicyclic) bond motifs is 12. The summed E-state index contributed by atoms with van der Waals surface area (Å²) in [6, 6.07) is 74.5. The highest BCUT2D eigenvalue weighted by Gasteiger charge is 2.33. The number of nitrogens with zero attached hydrogens (tertiary/aromatic N) is 8. The minimum absolute atomic E-state index is 0.0628. The van der Waals surface area contributed by atoms with Crippen LogP contribution in [0.2, 0.25) is 0 Å². The van der Waals surface area contributed by atoms with E-state index in [1.165, 1.54) is 0 Å². The zero-order valence-electron chi connectivity index (χ0n) is 38.2. The molecule has 0 unspecified atom stereocenters. The van der Waals surface area contributed by atoms with Crippen LogP contribution >= 0.6 is 0 Å². The molecule has 0 amide bonds. The van der Waals surface area contributed by atoms with Crippen LogP contribution in [0.4, 0.5) is 11.4 Å². The molecule has 0 spiro atoms. The van der Waals surface area contributed by atoms with Crippen LogP contribution in [0.5, 0.6) is 0 Å². The molecule has 0 aliphatic carbocycles. The first kappa shape index (κ1) is 40.4. The highest BCUT2D eigenvalue weighted by Crippen LogP contribution is 2.53. The van der Waals surface area contributed by atoms with Gasteiger partial charge in [0.1, 0.15) is 0 Å². The lowest BCUT2D eigenvalue weighted by molar-refractivity contribution is 1.12. The Morgan fingerprint density at radius 3 is 0.833 bits per heavy atom. The molecule has 4 aromatic heterocycles. The number of para-hydroxylation sites is 8. The summed E-state index contributed by atoms with van der Waals surface area (Å²) >= 11 is 0. The molecule has 72 heavy (non-hydrogen) atoms. The van der Waals surface area contributed by atoms with E-state index in [1.807, 2.05) is 133 Å². The molecule has 14 aromatic rings. The van der Waals surface area contributed by atoms with Gasteiger partial charge < -0.3 is 18.3 Å². The van der Waals surface area contributed by atoms with Crippen molar-refractivity contribution in [3.63, 3.8) is 0 Å². The molecular formula is C64H34N8. The zero-order chi connectivity index (χ0) is 48.2. The second-order valence-electron chi connectivity index (χ2n) is 18.0. The van der Waals surface area contributed by atoms with E-state index < -0.39 is 0 Å². The average Bonchev–Trinajstić information content (AvgIpc) is 4.17. The summed E-state index contributed by atoms with van der Waals surface area (Å²) in [4.78, 5) is 8.72. The van der Waals surface area contributed by atoms with Gasteiger partial charge in [-0.3, -0.25) is 0 Å². The van der Waals surface area contributed by atoms with E-state index in [1.54, 1.807) is 0 Å². The fourth-order valence-electron chi connectivity index (χ4n) is 11.7. The first-order chi connectivity index (χ1) is 35.6. The number of nitriles is 2. The van der Waals surface area contributed by atoms with E-state index >= 15 is 0 Å². The van der Waals surface area contributed by atoms with Gasteiger partial charge in [0.05, 0.1) is 97.6 Å². The molecule has 0 N–H and O–H groups in total. The predicted molar refractivity (Wildman–Crippen MR) is 291 cm³/mol. The first-order valence-corrected chi connectivity index (χ1v) is 23.5. The molecular weight excluding hydrogens is 881 g/mol. The van der Waals surface area contributed by atoms with Crippen LogP contribution in [0.1, 0.15) is 11.1 Å². The Bertz CT molecular complexity index is 4350. The Morgan fingerprint density at radius 1 is 0.292 bits per heavy atom. The summed E-state index contributed by atoms with van der Waals surface area (Å²) in [6.07, 6.45) is 0. The third kappa shape index (κ3) is 5.41. The van der Waals surface area contributed by atoms with Crippen LogP contribution in [-0.2, 0) is 0 Å². The fourth-order valence-corrected chi connectivity index (χ4v) is 11.7. The number of hydrogen-bond acceptors (Lipinski definition) is 2. The molecule has 0 aliphatic rings. The molecule has 14 rings (SSSR count). The van der Waals surface area contributed by atoms with Gasteiger partial charge >= 0.3 is 0 Å². The van der Waals surface area contributed by atoms with Crippen LogP contribution in [0.3, 0.4) is 0 Å². The maximum absolute atomic E-state index is 12.0. The van der Waals surface area contributed by atoms with Gasteiger partial charge in [0.15, 0.2) is 0 Å². The molecule has 8 nitrogen and oxygen atoms in total. The zero-order valence-corrected chi connectivity index (χ0v) is 38.2. The predicted octanol–water partition coefficient (Wildman–Crippen LogP) is 16.6. The molecule has 0 bridgehead atoms. The van der Waals surface area contributed by atoms with Gasteiger partial charge in [-0.25, -0.2) is 9.69 Å². The lowest BCUT2D eigenvalue weighted by atomic mass is 9.90. The average molecular weight is 915 g/mol. The second kappa shape index (κ2) is 15.4. The van der Waals surface area contributed by atoms with E-state index in [2.05, 4.69) is 113 Å². The van der Waals surface area contributed by atoms with Crippen molar-refractivity contribution in [3.05, 3.63) is 240 Å². The standard InChI is InChI=1S/C64H34N8/c1-67-63-48(38-66)61(58(70-51-29-13-5-21-41(51)42-22-6-14-30-52(42)70)36-60(63)72-55-33-17-9-25-45(55)46-26-10-18-34-56(46)72)62-59(71-53-31-15-7-23-43(53)44-24-8-16-32-54(44)71)35-57(47(37-65)64(62)68-2)69-49-27-11-3-19-39(49)40-20-4-12-28-50(40)69/h3-36H. The second-order valence-corrected chi connectivity index (χ2v) is 18.0. The van der Waals surface area contributed by atoms with Crippen molar-refractivity contribution in [1.29, 1.82) is 10.5 Å². The van der Waals surface area contributed by atoms with Gasteiger partial charge in [-0.1, -0.05) is 146 Å². The fraction of sp³-hybridized carbons (Fsp3) is 0. The Hall–Kier alpha value is -10.6. The van der Waals surface area contributed by atoms with Gasteiger partial charge in [0.25, 0.3) is 0 Å². The molecule has 10 aromatic carbocycles. The van der Waals surface area contributed by atoms with Gasteiger partial charge in [-0.15, -0.1) is 0 Å². The summed E-state index contributed by atoms with van der Waals surface area (Å²) in [7, 11) is 0. The topological polar surface area (TPSA) is 76.0 Å². The monoisotopic (exact) mass is 914 g/mol. The van der Waals surface area contributed by atoms with Crippen LogP contribution in [0, 0.1) is 35.8 Å². The Labute approximate surface area is 411 Å². The largest absolute Gasteiger partial charge is 0.319 e. The molecule has 0 saturated carbocycles. The Kier molecular flexibility index (Phi) is 8.67. The Balaban J connectivity index is 1.25. The van der Waals surface area contributed by atoms with Crippen molar-refractivity contribution in [2.45, 2.75) is 0 Å². The van der Waals surface area contributed by atoms with E-state index in [-0.39, 0.29) is 22.5 Å². The molecule has 0 aliphatic heterocycles. The quantitative estimate of drug-likeness (QED) is 0.161. The van der Waals surface area contributed by atoms with Gasteiger partial charge in [-0.2, -0.15) is 10.5 Å². The summed E-state index contributed by atoms with van der Waals surface area (Å²) in [5, 5.41) is 31.7. The number of aromatic nitrogens is 4. The summed E-state index contributed by atoms with van der Waals surface area (Å²) < 4.78 is 8.52. The van der Waals surface area contributed by atoms with E-state index in [0.29, 0.717) is 33.9 Å². The Morgan fingerprint density at radius 2 is 0.542 bits per heavy atom. The number of benzene rings is 10. The molecule has 0 atom stereocenters. The van der Waals surface area contributed by atoms with Gasteiger partial charge in [0, 0.05) is 59.9 Å². The number of hydrogen-bond donors (Lipinski definition) is 0. The van der Waals surface area contributed by atoms with Crippen molar-refractivity contribution in [3.8, 4) is 46.0 Å².